The number of rotatable bonds is 7. The molecule has 1 atom stereocenters. The van der Waals surface area contributed by atoms with Crippen LogP contribution in [0.3, 0.4) is 0 Å². The van der Waals surface area contributed by atoms with Crippen molar-refractivity contribution in [2.45, 2.75) is 44.7 Å². The molecule has 148 valence electrons. The minimum Gasteiger partial charge on any atom is -0.497 e. The van der Waals surface area contributed by atoms with Gasteiger partial charge in [0.05, 0.1) is 19.7 Å². The van der Waals surface area contributed by atoms with Gasteiger partial charge in [0.2, 0.25) is 11.8 Å². The van der Waals surface area contributed by atoms with E-state index in [2.05, 4.69) is 16.0 Å². The van der Waals surface area contributed by atoms with E-state index in [0.29, 0.717) is 11.4 Å². The van der Waals surface area contributed by atoms with Crippen molar-refractivity contribution in [3.63, 3.8) is 0 Å². The molecule has 3 N–H and O–H groups in total. The Labute approximate surface area is 159 Å². The Morgan fingerprint density at radius 2 is 1.81 bits per heavy atom. The predicted molar refractivity (Wildman–Crippen MR) is 103 cm³/mol. The zero-order valence-electron chi connectivity index (χ0n) is 16.1. The number of anilines is 1. The van der Waals surface area contributed by atoms with Crippen LogP contribution >= 0.6 is 0 Å². The Balaban J connectivity index is 1.76. The number of urea groups is 1. The highest BCUT2D eigenvalue weighted by Crippen LogP contribution is 2.17. The zero-order valence-corrected chi connectivity index (χ0v) is 16.1. The Morgan fingerprint density at radius 3 is 2.41 bits per heavy atom. The maximum atomic E-state index is 12.2. The molecular weight excluding hydrogens is 348 g/mol. The van der Waals surface area contributed by atoms with E-state index in [1.807, 2.05) is 0 Å². The van der Waals surface area contributed by atoms with Gasteiger partial charge in [-0.2, -0.15) is 0 Å². The molecule has 8 nitrogen and oxygen atoms in total. The third-order valence-corrected chi connectivity index (χ3v) is 4.73. The predicted octanol–water partition coefficient (Wildman–Crippen LogP) is 1.72. The molecule has 0 aliphatic heterocycles. The molecule has 1 aromatic carbocycles. The van der Waals surface area contributed by atoms with Crippen LogP contribution in [0.1, 0.15) is 32.6 Å². The van der Waals surface area contributed by atoms with Crippen molar-refractivity contribution in [3.8, 4) is 5.75 Å². The number of hydrogen-bond acceptors (Lipinski definition) is 5. The smallest absolute Gasteiger partial charge is 0.321 e. The van der Waals surface area contributed by atoms with E-state index in [1.54, 1.807) is 50.2 Å². The maximum absolute atomic E-state index is 12.2. The summed E-state index contributed by atoms with van der Waals surface area (Å²) >= 11 is 0. The molecule has 1 fully saturated rings. The number of likely N-dealkylation sites (N-methyl/N-ethyl adjacent to an activating group) is 1. The van der Waals surface area contributed by atoms with Crippen LogP contribution in [0.25, 0.3) is 0 Å². The van der Waals surface area contributed by atoms with E-state index < -0.39 is 18.0 Å². The van der Waals surface area contributed by atoms with Gasteiger partial charge in [-0.05, 0) is 51.1 Å². The molecular formula is C19H28N4O4. The van der Waals surface area contributed by atoms with Crippen molar-refractivity contribution in [1.29, 1.82) is 0 Å². The van der Waals surface area contributed by atoms with Gasteiger partial charge in [0.25, 0.3) is 0 Å². The van der Waals surface area contributed by atoms with E-state index in [-0.39, 0.29) is 18.5 Å². The molecule has 8 heteroatoms. The van der Waals surface area contributed by atoms with Gasteiger partial charge in [-0.15, -0.1) is 0 Å². The van der Waals surface area contributed by atoms with Crippen LogP contribution in [0.15, 0.2) is 24.3 Å². The van der Waals surface area contributed by atoms with E-state index in [4.69, 9.17) is 4.74 Å². The number of methoxy groups -OCH3 is 1. The van der Waals surface area contributed by atoms with Crippen LogP contribution in [0.4, 0.5) is 10.5 Å². The maximum Gasteiger partial charge on any atom is 0.321 e. The van der Waals surface area contributed by atoms with Gasteiger partial charge >= 0.3 is 6.03 Å². The molecule has 1 aliphatic rings. The monoisotopic (exact) mass is 376 g/mol. The lowest BCUT2D eigenvalue weighted by atomic mass is 10.2. The number of amides is 4. The topological polar surface area (TPSA) is 99.8 Å². The first-order chi connectivity index (χ1) is 12.9. The average molecular weight is 376 g/mol. The second-order valence-corrected chi connectivity index (χ2v) is 6.81. The highest BCUT2D eigenvalue weighted by molar-refractivity contribution is 5.97. The second kappa shape index (κ2) is 9.91. The molecule has 0 radical (unpaired) electrons. The fourth-order valence-electron chi connectivity index (χ4n) is 2.95. The number of ether oxygens (including phenoxy) is 1. The van der Waals surface area contributed by atoms with Gasteiger partial charge in [0, 0.05) is 11.7 Å². The third kappa shape index (κ3) is 6.56. The summed E-state index contributed by atoms with van der Waals surface area (Å²) in [7, 11) is 3.23. The zero-order chi connectivity index (χ0) is 19.8. The Morgan fingerprint density at radius 1 is 1.19 bits per heavy atom. The molecule has 0 saturated heterocycles. The first kappa shape index (κ1) is 20.7. The largest absolute Gasteiger partial charge is 0.497 e. The number of nitrogens with zero attached hydrogens (tertiary/aromatic N) is 1. The van der Waals surface area contributed by atoms with E-state index >= 15 is 0 Å². The van der Waals surface area contributed by atoms with Crippen LogP contribution in [-0.2, 0) is 9.59 Å². The van der Waals surface area contributed by atoms with Crippen molar-refractivity contribution >= 4 is 23.5 Å². The number of carbonyl (C=O) groups is 3. The first-order valence-electron chi connectivity index (χ1n) is 9.14. The van der Waals surface area contributed by atoms with Gasteiger partial charge in [-0.3, -0.25) is 19.8 Å². The molecule has 1 aromatic rings. The van der Waals surface area contributed by atoms with Crippen molar-refractivity contribution < 1.29 is 19.1 Å². The van der Waals surface area contributed by atoms with Crippen LogP contribution in [0, 0.1) is 0 Å². The molecule has 0 heterocycles. The Hall–Kier alpha value is -2.61. The van der Waals surface area contributed by atoms with Gasteiger partial charge in [0.15, 0.2) is 0 Å². The summed E-state index contributed by atoms with van der Waals surface area (Å²) in [5.74, 6) is 0.00857. The summed E-state index contributed by atoms with van der Waals surface area (Å²) < 4.78 is 5.07. The van der Waals surface area contributed by atoms with Crippen molar-refractivity contribution in [1.82, 2.24) is 15.5 Å². The lowest BCUT2D eigenvalue weighted by Gasteiger charge is -2.23. The summed E-state index contributed by atoms with van der Waals surface area (Å²) in [5.41, 5.74) is 0.641. The van der Waals surface area contributed by atoms with Gasteiger partial charge in [-0.1, -0.05) is 12.8 Å². The average Bonchev–Trinajstić information content (AvgIpc) is 3.14. The van der Waals surface area contributed by atoms with Crippen LogP contribution < -0.4 is 20.7 Å². The molecule has 4 amide bonds. The lowest BCUT2D eigenvalue weighted by molar-refractivity contribution is -0.125. The second-order valence-electron chi connectivity index (χ2n) is 6.81. The SMILES string of the molecule is COc1ccc(NC(=O)CN(C)C(C)C(=O)NC(=O)NC2CCCC2)cc1. The van der Waals surface area contributed by atoms with Gasteiger partial charge < -0.3 is 15.4 Å². The number of hydrogen-bond donors (Lipinski definition) is 3. The molecule has 1 aliphatic carbocycles. The minimum atomic E-state index is -0.624. The lowest BCUT2D eigenvalue weighted by Crippen LogP contribution is -2.51. The minimum absolute atomic E-state index is 0.0187. The highest BCUT2D eigenvalue weighted by Gasteiger charge is 2.23. The third-order valence-electron chi connectivity index (χ3n) is 4.73. The standard InChI is InChI=1S/C19H28N4O4/c1-13(18(25)22-19(26)21-14-6-4-5-7-14)23(2)12-17(24)20-15-8-10-16(27-3)11-9-15/h8-11,13-14H,4-7,12H2,1-3H3,(H,20,24)(H2,21,22,25,26). The summed E-state index contributed by atoms with van der Waals surface area (Å²) in [4.78, 5) is 37.9. The summed E-state index contributed by atoms with van der Waals surface area (Å²) in [6.07, 6.45) is 4.09. The van der Waals surface area contributed by atoms with Crippen molar-refractivity contribution in [3.05, 3.63) is 24.3 Å². The number of benzene rings is 1. The quantitative estimate of drug-likeness (QED) is 0.673. The van der Waals surface area contributed by atoms with Gasteiger partial charge in [-0.25, -0.2) is 4.79 Å². The van der Waals surface area contributed by atoms with Crippen LogP contribution in [0.2, 0.25) is 0 Å². The van der Waals surface area contributed by atoms with Crippen LogP contribution in [-0.4, -0.2) is 55.5 Å². The molecule has 1 unspecified atom stereocenters. The molecule has 0 spiro atoms. The van der Waals surface area contributed by atoms with E-state index in [0.717, 1.165) is 25.7 Å². The Bertz CT molecular complexity index is 656. The van der Waals surface area contributed by atoms with Gasteiger partial charge in [0.1, 0.15) is 5.75 Å². The molecule has 27 heavy (non-hydrogen) atoms. The number of nitrogens with one attached hydrogen (secondary N) is 3. The summed E-state index contributed by atoms with van der Waals surface area (Å²) in [5, 5.41) is 7.91. The molecule has 2 rings (SSSR count). The fraction of sp³-hybridized carbons (Fsp3) is 0.526. The number of imide groups is 1. The van der Waals surface area contributed by atoms with E-state index in [9.17, 15) is 14.4 Å². The first-order valence-corrected chi connectivity index (χ1v) is 9.14. The van der Waals surface area contributed by atoms with E-state index in [1.165, 1.54) is 0 Å². The summed E-state index contributed by atoms with van der Waals surface area (Å²) in [6.45, 7) is 1.67. The van der Waals surface area contributed by atoms with Crippen LogP contribution in [0.5, 0.6) is 5.75 Å². The number of carbonyl (C=O) groups excluding carboxylic acids is 3. The molecule has 0 aromatic heterocycles. The molecule has 1 saturated carbocycles. The van der Waals surface area contributed by atoms with Crippen molar-refractivity contribution in [2.24, 2.45) is 0 Å². The molecule has 0 bridgehead atoms. The highest BCUT2D eigenvalue weighted by atomic mass is 16.5. The van der Waals surface area contributed by atoms with Crippen molar-refractivity contribution in [2.75, 3.05) is 26.0 Å². The normalized spacial score (nSPS) is 15.3. The fourth-order valence-corrected chi connectivity index (χ4v) is 2.95. The summed E-state index contributed by atoms with van der Waals surface area (Å²) in [6, 6.07) is 6.01. The Kier molecular flexibility index (Phi) is 7.60.